The fourth-order valence-corrected chi connectivity index (χ4v) is 3.40. The van der Waals surface area contributed by atoms with E-state index in [1.54, 1.807) is 36.6 Å². The second-order valence-electron chi connectivity index (χ2n) is 7.11. The van der Waals surface area contributed by atoms with Crippen LogP contribution in [-0.4, -0.2) is 11.7 Å². The van der Waals surface area contributed by atoms with Crippen LogP contribution in [0.2, 0.25) is 0 Å². The molecular weight excluding hydrogens is 370 g/mol. The van der Waals surface area contributed by atoms with Gasteiger partial charge in [0, 0.05) is 28.1 Å². The van der Waals surface area contributed by atoms with Gasteiger partial charge in [0.25, 0.3) is 0 Å². The van der Waals surface area contributed by atoms with Crippen LogP contribution < -0.4 is 10.9 Å². The summed E-state index contributed by atoms with van der Waals surface area (Å²) >= 11 is 0. The number of Topliss-reactive ketones (excluding diaryl/α,β-unsaturated/α-hetero) is 1. The Labute approximate surface area is 166 Å². The number of hydrogen-bond acceptors (Lipinski definition) is 5. The number of aryl methyl sites for hydroxylation is 2. The van der Waals surface area contributed by atoms with Crippen LogP contribution in [0, 0.1) is 13.8 Å². The SMILES string of the molecule is CC(=O)c1ccc(NC(=O)Cc2c(C)c3cc4c(C)coc4cc3oc2=O)cc1. The molecular formula is C23H19NO5. The highest BCUT2D eigenvalue weighted by Gasteiger charge is 2.17. The minimum Gasteiger partial charge on any atom is -0.464 e. The van der Waals surface area contributed by atoms with E-state index in [2.05, 4.69) is 5.32 Å². The quantitative estimate of drug-likeness (QED) is 0.409. The minimum atomic E-state index is -0.542. The Balaban J connectivity index is 1.65. The maximum Gasteiger partial charge on any atom is 0.340 e. The molecule has 1 N–H and O–H groups in total. The zero-order valence-electron chi connectivity index (χ0n) is 16.3. The molecule has 0 fully saturated rings. The van der Waals surface area contributed by atoms with Gasteiger partial charge in [0.05, 0.1) is 18.2 Å². The van der Waals surface area contributed by atoms with Crippen molar-refractivity contribution >= 4 is 39.3 Å². The molecule has 2 aromatic heterocycles. The highest BCUT2D eigenvalue weighted by Crippen LogP contribution is 2.28. The fourth-order valence-electron chi connectivity index (χ4n) is 3.40. The topological polar surface area (TPSA) is 89.5 Å². The molecule has 4 aromatic rings. The van der Waals surface area contributed by atoms with Crippen LogP contribution in [-0.2, 0) is 11.2 Å². The summed E-state index contributed by atoms with van der Waals surface area (Å²) in [7, 11) is 0. The summed E-state index contributed by atoms with van der Waals surface area (Å²) in [6.45, 7) is 5.23. The number of carbonyl (C=O) groups is 2. The standard InChI is InChI=1S/C23H19NO5/c1-12-11-28-20-10-21-18(8-17(12)20)13(2)19(23(27)29-21)9-22(26)24-16-6-4-15(5-7-16)14(3)25/h4-8,10-11H,9H2,1-3H3,(H,24,26). The summed E-state index contributed by atoms with van der Waals surface area (Å²) in [5, 5.41) is 4.46. The lowest BCUT2D eigenvalue weighted by molar-refractivity contribution is -0.115. The summed E-state index contributed by atoms with van der Waals surface area (Å²) in [5.74, 6) is -0.384. The molecule has 0 aliphatic carbocycles. The summed E-state index contributed by atoms with van der Waals surface area (Å²) < 4.78 is 10.9. The second kappa shape index (κ2) is 7.05. The van der Waals surface area contributed by atoms with Crippen molar-refractivity contribution in [2.75, 3.05) is 5.32 Å². The zero-order chi connectivity index (χ0) is 20.7. The summed E-state index contributed by atoms with van der Waals surface area (Å²) in [6, 6.07) is 10.2. The van der Waals surface area contributed by atoms with Crippen LogP contribution in [0.3, 0.4) is 0 Å². The van der Waals surface area contributed by atoms with Gasteiger partial charge in [-0.1, -0.05) is 0 Å². The average Bonchev–Trinajstić information content (AvgIpc) is 3.04. The number of fused-ring (bicyclic) bond motifs is 2. The molecule has 0 radical (unpaired) electrons. The third-order valence-electron chi connectivity index (χ3n) is 5.09. The molecule has 29 heavy (non-hydrogen) atoms. The van der Waals surface area contributed by atoms with Gasteiger partial charge in [-0.25, -0.2) is 4.79 Å². The molecule has 6 heteroatoms. The van der Waals surface area contributed by atoms with E-state index in [-0.39, 0.29) is 18.1 Å². The van der Waals surface area contributed by atoms with Crippen molar-refractivity contribution in [2.45, 2.75) is 27.2 Å². The Hall–Kier alpha value is -3.67. The number of carbonyl (C=O) groups excluding carboxylic acids is 2. The van der Waals surface area contributed by atoms with Crippen LogP contribution in [0.25, 0.3) is 21.9 Å². The van der Waals surface area contributed by atoms with Gasteiger partial charge in [-0.2, -0.15) is 0 Å². The lowest BCUT2D eigenvalue weighted by Crippen LogP contribution is -2.20. The van der Waals surface area contributed by atoms with Crippen LogP contribution >= 0.6 is 0 Å². The van der Waals surface area contributed by atoms with E-state index >= 15 is 0 Å². The van der Waals surface area contributed by atoms with Gasteiger partial charge in [0.1, 0.15) is 11.2 Å². The molecule has 0 atom stereocenters. The van der Waals surface area contributed by atoms with Crippen LogP contribution in [0.5, 0.6) is 0 Å². The molecule has 0 bridgehead atoms. The van der Waals surface area contributed by atoms with Crippen molar-refractivity contribution in [2.24, 2.45) is 0 Å². The first-order chi connectivity index (χ1) is 13.8. The van der Waals surface area contributed by atoms with E-state index in [0.29, 0.717) is 33.5 Å². The van der Waals surface area contributed by atoms with E-state index in [0.717, 1.165) is 16.3 Å². The molecule has 0 aliphatic heterocycles. The number of anilines is 1. The van der Waals surface area contributed by atoms with Crippen molar-refractivity contribution in [3.05, 3.63) is 75.3 Å². The fraction of sp³-hybridized carbons (Fsp3) is 0.174. The van der Waals surface area contributed by atoms with Crippen molar-refractivity contribution < 1.29 is 18.4 Å². The van der Waals surface area contributed by atoms with Gasteiger partial charge in [-0.15, -0.1) is 0 Å². The van der Waals surface area contributed by atoms with Gasteiger partial charge < -0.3 is 14.2 Å². The summed E-state index contributed by atoms with van der Waals surface area (Å²) in [6.07, 6.45) is 1.55. The molecule has 0 unspecified atom stereocenters. The maximum absolute atomic E-state index is 12.5. The molecule has 2 aromatic carbocycles. The number of nitrogens with one attached hydrogen (secondary N) is 1. The average molecular weight is 389 g/mol. The van der Waals surface area contributed by atoms with E-state index in [1.165, 1.54) is 6.92 Å². The molecule has 1 amide bonds. The number of rotatable bonds is 4. The van der Waals surface area contributed by atoms with E-state index in [1.807, 2.05) is 19.9 Å². The van der Waals surface area contributed by atoms with Crippen molar-refractivity contribution in [3.63, 3.8) is 0 Å². The van der Waals surface area contributed by atoms with Gasteiger partial charge in [0.2, 0.25) is 5.91 Å². The Bertz CT molecular complexity index is 1330. The second-order valence-corrected chi connectivity index (χ2v) is 7.11. The number of furan rings is 1. The lowest BCUT2D eigenvalue weighted by atomic mass is 10.0. The predicted octanol–water partition coefficient (Wildman–Crippen LogP) is 4.54. The maximum atomic E-state index is 12.5. The highest BCUT2D eigenvalue weighted by molar-refractivity contribution is 5.98. The highest BCUT2D eigenvalue weighted by atomic mass is 16.4. The first-order valence-electron chi connectivity index (χ1n) is 9.18. The molecule has 4 rings (SSSR count). The molecule has 146 valence electrons. The molecule has 0 saturated carbocycles. The van der Waals surface area contributed by atoms with Crippen LogP contribution in [0.4, 0.5) is 5.69 Å². The van der Waals surface area contributed by atoms with E-state index in [4.69, 9.17) is 8.83 Å². The minimum absolute atomic E-state index is 0.0470. The zero-order valence-corrected chi connectivity index (χ0v) is 16.3. The third kappa shape index (κ3) is 3.45. The number of hydrogen-bond donors (Lipinski definition) is 1. The molecule has 2 heterocycles. The summed E-state index contributed by atoms with van der Waals surface area (Å²) in [5.41, 5.74) is 3.67. The lowest BCUT2D eigenvalue weighted by Gasteiger charge is -2.09. The van der Waals surface area contributed by atoms with Crippen molar-refractivity contribution in [3.8, 4) is 0 Å². The van der Waals surface area contributed by atoms with Gasteiger partial charge in [-0.3, -0.25) is 9.59 Å². The normalized spacial score (nSPS) is 11.1. The molecule has 6 nitrogen and oxygen atoms in total. The number of amides is 1. The summed E-state index contributed by atoms with van der Waals surface area (Å²) in [4.78, 5) is 36.3. The Morgan fingerprint density at radius 3 is 2.41 bits per heavy atom. The van der Waals surface area contributed by atoms with Crippen molar-refractivity contribution in [1.29, 1.82) is 0 Å². The van der Waals surface area contributed by atoms with Gasteiger partial charge in [0.15, 0.2) is 5.78 Å². The smallest absolute Gasteiger partial charge is 0.340 e. The largest absolute Gasteiger partial charge is 0.464 e. The Kier molecular flexibility index (Phi) is 4.54. The number of ketones is 1. The Morgan fingerprint density at radius 2 is 1.72 bits per heavy atom. The Morgan fingerprint density at radius 1 is 1.00 bits per heavy atom. The predicted molar refractivity (Wildman–Crippen MR) is 111 cm³/mol. The van der Waals surface area contributed by atoms with Gasteiger partial charge >= 0.3 is 5.63 Å². The molecule has 0 spiro atoms. The first kappa shape index (κ1) is 18.7. The number of benzene rings is 2. The molecule has 0 aliphatic rings. The van der Waals surface area contributed by atoms with E-state index < -0.39 is 5.63 Å². The van der Waals surface area contributed by atoms with Crippen molar-refractivity contribution in [1.82, 2.24) is 0 Å². The monoisotopic (exact) mass is 389 g/mol. The molecule has 0 saturated heterocycles. The third-order valence-corrected chi connectivity index (χ3v) is 5.09. The first-order valence-corrected chi connectivity index (χ1v) is 9.18. The van der Waals surface area contributed by atoms with E-state index in [9.17, 15) is 14.4 Å². The van der Waals surface area contributed by atoms with Crippen LogP contribution in [0.15, 0.2) is 56.3 Å². The van der Waals surface area contributed by atoms with Gasteiger partial charge in [-0.05, 0) is 62.2 Å². The van der Waals surface area contributed by atoms with Crippen LogP contribution in [0.1, 0.15) is 34.0 Å².